The van der Waals surface area contributed by atoms with Crippen LogP contribution in [0.4, 0.5) is 0 Å². The Morgan fingerprint density at radius 3 is 2.86 bits per heavy atom. The molecule has 0 radical (unpaired) electrons. The summed E-state index contributed by atoms with van der Waals surface area (Å²) in [6.07, 6.45) is 9.44. The van der Waals surface area contributed by atoms with Gasteiger partial charge in [0.25, 0.3) is 0 Å². The Labute approximate surface area is 84.6 Å². The highest BCUT2D eigenvalue weighted by atomic mass is 14.9. The highest BCUT2D eigenvalue weighted by molar-refractivity contribution is 5.19. The van der Waals surface area contributed by atoms with Gasteiger partial charge in [-0.25, -0.2) is 0 Å². The van der Waals surface area contributed by atoms with Gasteiger partial charge in [0.05, 0.1) is 0 Å². The molecule has 0 spiro atoms. The third-order valence-corrected chi connectivity index (χ3v) is 2.63. The Kier molecular flexibility index (Phi) is 2.44. The molecule has 2 aromatic rings. The lowest BCUT2D eigenvalue weighted by Crippen LogP contribution is -1.96. The zero-order valence-electron chi connectivity index (χ0n) is 8.70. The predicted octanol–water partition coefficient (Wildman–Crippen LogP) is 2.70. The smallest absolute Gasteiger partial charge is 0.0106 e. The molecule has 0 aromatic carbocycles. The summed E-state index contributed by atoms with van der Waals surface area (Å²) in [5, 5.41) is 0. The van der Waals surface area contributed by atoms with Crippen molar-refractivity contribution in [2.75, 3.05) is 0 Å². The summed E-state index contributed by atoms with van der Waals surface area (Å²) < 4.78 is 2.10. The molecule has 14 heavy (non-hydrogen) atoms. The summed E-state index contributed by atoms with van der Waals surface area (Å²) in [6, 6.07) is 4.33. The third-order valence-electron chi connectivity index (χ3n) is 2.63. The van der Waals surface area contributed by atoms with Crippen LogP contribution in [0, 0.1) is 0 Å². The zero-order chi connectivity index (χ0) is 9.97. The van der Waals surface area contributed by atoms with Crippen LogP contribution in [0.25, 0.3) is 0 Å². The molecule has 1 N–H and O–H groups in total. The summed E-state index contributed by atoms with van der Waals surface area (Å²) in [5.41, 5.74) is 2.79. The first-order valence-corrected chi connectivity index (χ1v) is 4.99. The second kappa shape index (κ2) is 3.74. The zero-order valence-corrected chi connectivity index (χ0v) is 8.70. The van der Waals surface area contributed by atoms with Gasteiger partial charge in [-0.15, -0.1) is 0 Å². The van der Waals surface area contributed by atoms with Crippen molar-refractivity contribution in [1.82, 2.24) is 9.55 Å². The van der Waals surface area contributed by atoms with E-state index in [-0.39, 0.29) is 0 Å². The van der Waals surface area contributed by atoms with E-state index >= 15 is 0 Å². The molecule has 2 nitrogen and oxygen atoms in total. The van der Waals surface area contributed by atoms with Crippen molar-refractivity contribution in [3.63, 3.8) is 0 Å². The summed E-state index contributed by atoms with van der Waals surface area (Å²) in [7, 11) is 2.06. The fraction of sp³-hybridized carbons (Fsp3) is 0.333. The Bertz CT molecular complexity index is 384. The van der Waals surface area contributed by atoms with Gasteiger partial charge in [0.1, 0.15) is 0 Å². The molecular weight excluding hydrogens is 172 g/mol. The largest absolute Gasteiger partial charge is 0.367 e. The molecule has 1 unspecified atom stereocenters. The predicted molar refractivity (Wildman–Crippen MR) is 58.3 cm³/mol. The standard InChI is InChI=1S/C12H16N2/c1-10(7-11-3-5-13-8-11)12-4-6-14(2)9-12/h3-6,8-10,13H,7H2,1-2H3. The lowest BCUT2D eigenvalue weighted by molar-refractivity contribution is 0.755. The molecule has 0 aliphatic rings. The van der Waals surface area contributed by atoms with E-state index in [0.29, 0.717) is 5.92 Å². The highest BCUT2D eigenvalue weighted by Gasteiger charge is 2.07. The van der Waals surface area contributed by atoms with Gasteiger partial charge in [0.2, 0.25) is 0 Å². The van der Waals surface area contributed by atoms with E-state index in [4.69, 9.17) is 0 Å². The SMILES string of the molecule is CC(Cc1cc[nH]c1)c1ccn(C)c1. The molecule has 0 bridgehead atoms. The quantitative estimate of drug-likeness (QED) is 0.764. The van der Waals surface area contributed by atoms with Crippen molar-refractivity contribution >= 4 is 0 Å². The number of nitrogens with one attached hydrogen (secondary N) is 1. The summed E-state index contributed by atoms with van der Waals surface area (Å²) >= 11 is 0. The second-order valence-electron chi connectivity index (χ2n) is 3.93. The molecule has 0 aliphatic heterocycles. The fourth-order valence-electron chi connectivity index (χ4n) is 1.77. The number of aromatic amines is 1. The molecule has 1 atom stereocenters. The monoisotopic (exact) mass is 188 g/mol. The molecule has 2 heteroatoms. The van der Waals surface area contributed by atoms with Crippen LogP contribution in [0.15, 0.2) is 36.9 Å². The minimum Gasteiger partial charge on any atom is -0.367 e. The van der Waals surface area contributed by atoms with Gasteiger partial charge in [-0.3, -0.25) is 0 Å². The Morgan fingerprint density at radius 2 is 2.29 bits per heavy atom. The molecule has 2 heterocycles. The molecule has 74 valence electrons. The summed E-state index contributed by atoms with van der Waals surface area (Å²) in [5.74, 6) is 0.590. The van der Waals surface area contributed by atoms with Crippen LogP contribution in [0.5, 0.6) is 0 Å². The van der Waals surface area contributed by atoms with Gasteiger partial charge in [-0.1, -0.05) is 6.92 Å². The fourth-order valence-corrected chi connectivity index (χ4v) is 1.77. The Balaban J connectivity index is 2.06. The first-order valence-electron chi connectivity index (χ1n) is 4.99. The van der Waals surface area contributed by atoms with Crippen molar-refractivity contribution in [2.24, 2.45) is 7.05 Å². The van der Waals surface area contributed by atoms with E-state index in [1.165, 1.54) is 11.1 Å². The lowest BCUT2D eigenvalue weighted by Gasteiger charge is -2.07. The number of H-pyrrole nitrogens is 1. The van der Waals surface area contributed by atoms with Crippen LogP contribution >= 0.6 is 0 Å². The van der Waals surface area contributed by atoms with E-state index in [1.807, 2.05) is 6.20 Å². The minimum atomic E-state index is 0.590. The van der Waals surface area contributed by atoms with Crippen LogP contribution in [-0.2, 0) is 13.5 Å². The number of hydrogen-bond donors (Lipinski definition) is 1. The normalized spacial score (nSPS) is 13.0. The molecular formula is C12H16N2. The van der Waals surface area contributed by atoms with Crippen LogP contribution < -0.4 is 0 Å². The van der Waals surface area contributed by atoms with Gasteiger partial charge in [-0.2, -0.15) is 0 Å². The van der Waals surface area contributed by atoms with Crippen molar-refractivity contribution < 1.29 is 0 Å². The van der Waals surface area contributed by atoms with Crippen molar-refractivity contribution in [1.29, 1.82) is 0 Å². The van der Waals surface area contributed by atoms with E-state index in [0.717, 1.165) is 6.42 Å². The van der Waals surface area contributed by atoms with Crippen LogP contribution in [0.3, 0.4) is 0 Å². The summed E-state index contributed by atoms with van der Waals surface area (Å²) in [4.78, 5) is 3.09. The van der Waals surface area contributed by atoms with Gasteiger partial charge in [-0.05, 0) is 35.6 Å². The minimum absolute atomic E-state index is 0.590. The van der Waals surface area contributed by atoms with Crippen molar-refractivity contribution in [3.05, 3.63) is 48.0 Å². The Hall–Kier alpha value is -1.44. The van der Waals surface area contributed by atoms with Crippen LogP contribution in [-0.4, -0.2) is 9.55 Å². The van der Waals surface area contributed by atoms with E-state index in [2.05, 4.69) is 54.2 Å². The van der Waals surface area contributed by atoms with Crippen molar-refractivity contribution in [3.8, 4) is 0 Å². The molecule has 0 fully saturated rings. The second-order valence-corrected chi connectivity index (χ2v) is 3.93. The van der Waals surface area contributed by atoms with Gasteiger partial charge >= 0.3 is 0 Å². The molecule has 2 rings (SSSR count). The van der Waals surface area contributed by atoms with Gasteiger partial charge < -0.3 is 9.55 Å². The maximum atomic E-state index is 3.09. The van der Waals surface area contributed by atoms with Gasteiger partial charge in [0, 0.05) is 31.8 Å². The molecule has 0 saturated carbocycles. The number of rotatable bonds is 3. The average molecular weight is 188 g/mol. The molecule has 0 aliphatic carbocycles. The number of hydrogen-bond acceptors (Lipinski definition) is 0. The Morgan fingerprint density at radius 1 is 1.43 bits per heavy atom. The van der Waals surface area contributed by atoms with E-state index in [1.54, 1.807) is 0 Å². The maximum absolute atomic E-state index is 3.09. The van der Waals surface area contributed by atoms with Crippen molar-refractivity contribution in [2.45, 2.75) is 19.3 Å². The summed E-state index contributed by atoms with van der Waals surface area (Å²) in [6.45, 7) is 2.27. The average Bonchev–Trinajstić information content (AvgIpc) is 2.75. The molecule has 2 aromatic heterocycles. The number of aryl methyl sites for hydroxylation is 1. The van der Waals surface area contributed by atoms with Gasteiger partial charge in [0.15, 0.2) is 0 Å². The van der Waals surface area contributed by atoms with Crippen LogP contribution in [0.2, 0.25) is 0 Å². The van der Waals surface area contributed by atoms with E-state index in [9.17, 15) is 0 Å². The van der Waals surface area contributed by atoms with Crippen LogP contribution in [0.1, 0.15) is 24.0 Å². The number of aromatic nitrogens is 2. The molecule has 0 saturated heterocycles. The molecule has 0 amide bonds. The first-order chi connectivity index (χ1) is 6.75. The topological polar surface area (TPSA) is 20.7 Å². The first kappa shape index (κ1) is 9.13. The lowest BCUT2D eigenvalue weighted by atomic mass is 9.97. The number of nitrogens with zero attached hydrogens (tertiary/aromatic N) is 1. The van der Waals surface area contributed by atoms with E-state index < -0.39 is 0 Å². The maximum Gasteiger partial charge on any atom is 0.0106 e. The third kappa shape index (κ3) is 1.90. The highest BCUT2D eigenvalue weighted by Crippen LogP contribution is 2.19.